The molecule has 0 unspecified atom stereocenters. The molecule has 0 radical (unpaired) electrons. The zero-order valence-electron chi connectivity index (χ0n) is 5.76. The summed E-state index contributed by atoms with van der Waals surface area (Å²) in [6.45, 7) is 0. The number of aliphatic imine (C=N–C) groups is 4. The van der Waals surface area contributed by atoms with E-state index in [1.165, 1.54) is 6.34 Å². The summed E-state index contributed by atoms with van der Waals surface area (Å²) >= 11 is 0. The third-order valence-electron chi connectivity index (χ3n) is 1.29. The summed E-state index contributed by atoms with van der Waals surface area (Å²) < 4.78 is 0. The van der Waals surface area contributed by atoms with Crippen LogP contribution in [0.1, 0.15) is 0 Å². The second kappa shape index (κ2) is 2.26. The molecule has 0 spiro atoms. The zero-order chi connectivity index (χ0) is 8.55. The van der Waals surface area contributed by atoms with Crippen molar-refractivity contribution >= 4 is 35.9 Å². The lowest BCUT2D eigenvalue weighted by atomic mass is 10.3. The van der Waals surface area contributed by atoms with Crippen LogP contribution in [0.2, 0.25) is 0 Å². The molecule has 0 N–H and O–H groups in total. The maximum absolute atomic E-state index is 11.0. The first-order chi connectivity index (χ1) is 5.77. The van der Waals surface area contributed by atoms with Crippen molar-refractivity contribution < 1.29 is 9.59 Å². The number of hydrogen-bond donors (Lipinski definition) is 0. The Bertz CT molecular complexity index is 388. The van der Waals surface area contributed by atoms with Crippen molar-refractivity contribution in [1.82, 2.24) is 0 Å². The van der Waals surface area contributed by atoms with Gasteiger partial charge in [0.15, 0.2) is 11.5 Å². The molecule has 2 amide bonds. The Morgan fingerprint density at radius 2 is 2.00 bits per heavy atom. The van der Waals surface area contributed by atoms with Gasteiger partial charge in [-0.3, -0.25) is 9.59 Å². The number of carbonyl (C=O) groups excluding carboxylic acids is 2. The molecule has 0 aliphatic carbocycles. The molecule has 0 aromatic carbocycles. The number of hydrogen-bond acceptors (Lipinski definition) is 4. The minimum Gasteiger partial charge on any atom is -0.266 e. The van der Waals surface area contributed by atoms with Crippen LogP contribution in [-0.2, 0) is 9.59 Å². The quantitative estimate of drug-likeness (QED) is 0.457. The summed E-state index contributed by atoms with van der Waals surface area (Å²) in [6.07, 6.45) is 2.02. The summed E-state index contributed by atoms with van der Waals surface area (Å²) in [6, 6.07) is 0. The summed E-state index contributed by atoms with van der Waals surface area (Å²) in [5.74, 6) is -1.14. The number of nitrogens with zero attached hydrogens (tertiary/aromatic N) is 4. The molecule has 0 aromatic heterocycles. The Labute approximate surface area is 66.5 Å². The lowest BCUT2D eigenvalue weighted by molar-refractivity contribution is -0.113. The molecular formula is C6H2N4O2. The molecule has 0 fully saturated rings. The van der Waals surface area contributed by atoms with Gasteiger partial charge in [-0.25, -0.2) is 15.0 Å². The predicted molar refractivity (Wildman–Crippen MR) is 41.9 cm³/mol. The van der Waals surface area contributed by atoms with Gasteiger partial charge in [-0.05, 0) is 0 Å². The van der Waals surface area contributed by atoms with E-state index in [-0.39, 0.29) is 11.5 Å². The van der Waals surface area contributed by atoms with Crippen molar-refractivity contribution in [2.75, 3.05) is 0 Å². The topological polar surface area (TPSA) is 83.6 Å². The molecule has 0 saturated carbocycles. The van der Waals surface area contributed by atoms with Gasteiger partial charge in [-0.2, -0.15) is 4.99 Å². The van der Waals surface area contributed by atoms with Gasteiger partial charge in [0.2, 0.25) is 0 Å². The fourth-order valence-electron chi connectivity index (χ4n) is 0.801. The average molecular weight is 162 g/mol. The molecule has 0 bridgehead atoms. The SMILES string of the molecule is O=C1C=NC(=O)C2=NC=NC2=N1. The van der Waals surface area contributed by atoms with Gasteiger partial charge in [0.1, 0.15) is 6.34 Å². The Balaban J connectivity index is 2.55. The molecule has 2 aliphatic heterocycles. The fraction of sp³-hybridized carbons (Fsp3) is 0. The van der Waals surface area contributed by atoms with E-state index in [4.69, 9.17) is 0 Å². The molecule has 2 aliphatic rings. The molecule has 12 heavy (non-hydrogen) atoms. The fourth-order valence-corrected chi connectivity index (χ4v) is 0.801. The molecule has 0 atom stereocenters. The number of rotatable bonds is 0. The first kappa shape index (κ1) is 6.71. The van der Waals surface area contributed by atoms with Crippen molar-refractivity contribution in [2.45, 2.75) is 0 Å². The first-order valence-electron chi connectivity index (χ1n) is 3.09. The van der Waals surface area contributed by atoms with Crippen LogP contribution in [0.25, 0.3) is 0 Å². The largest absolute Gasteiger partial charge is 0.299 e. The Morgan fingerprint density at radius 1 is 1.17 bits per heavy atom. The lowest BCUT2D eigenvalue weighted by Crippen LogP contribution is -2.17. The number of amidine groups is 1. The maximum Gasteiger partial charge on any atom is 0.299 e. The van der Waals surface area contributed by atoms with Crippen molar-refractivity contribution in [3.8, 4) is 0 Å². The van der Waals surface area contributed by atoms with Crippen LogP contribution in [0.4, 0.5) is 0 Å². The predicted octanol–water partition coefficient (Wildman–Crippen LogP) is -0.995. The average Bonchev–Trinajstić information content (AvgIpc) is 2.44. The molecule has 58 valence electrons. The minimum atomic E-state index is -0.595. The number of amides is 2. The molecule has 2 heterocycles. The van der Waals surface area contributed by atoms with Crippen LogP contribution in [-0.4, -0.2) is 35.9 Å². The monoisotopic (exact) mass is 162 g/mol. The van der Waals surface area contributed by atoms with Gasteiger partial charge in [0, 0.05) is 0 Å². The van der Waals surface area contributed by atoms with E-state index in [1.807, 2.05) is 0 Å². The van der Waals surface area contributed by atoms with Crippen LogP contribution in [0, 0.1) is 0 Å². The summed E-state index contributed by atoms with van der Waals surface area (Å²) in [7, 11) is 0. The van der Waals surface area contributed by atoms with Crippen LogP contribution in [0.5, 0.6) is 0 Å². The van der Waals surface area contributed by atoms with Crippen LogP contribution < -0.4 is 0 Å². The molecule has 0 saturated heterocycles. The lowest BCUT2D eigenvalue weighted by Gasteiger charge is -1.88. The van der Waals surface area contributed by atoms with Crippen LogP contribution in [0.15, 0.2) is 20.0 Å². The first-order valence-corrected chi connectivity index (χ1v) is 3.09. The Kier molecular flexibility index (Phi) is 1.26. The van der Waals surface area contributed by atoms with E-state index in [0.717, 1.165) is 6.21 Å². The highest BCUT2D eigenvalue weighted by molar-refractivity contribution is 6.71. The van der Waals surface area contributed by atoms with E-state index in [0.29, 0.717) is 0 Å². The number of fused-ring (bicyclic) bond motifs is 1. The number of carbonyl (C=O) groups is 2. The Morgan fingerprint density at radius 3 is 2.83 bits per heavy atom. The van der Waals surface area contributed by atoms with Crippen molar-refractivity contribution in [3.05, 3.63) is 0 Å². The van der Waals surface area contributed by atoms with E-state index < -0.39 is 11.8 Å². The second-order valence-corrected chi connectivity index (χ2v) is 2.06. The van der Waals surface area contributed by atoms with Crippen molar-refractivity contribution in [1.29, 1.82) is 0 Å². The van der Waals surface area contributed by atoms with Crippen molar-refractivity contribution in [2.24, 2.45) is 20.0 Å². The van der Waals surface area contributed by atoms with Crippen LogP contribution >= 0.6 is 0 Å². The Hall–Kier alpha value is -1.98. The van der Waals surface area contributed by atoms with E-state index in [2.05, 4.69) is 20.0 Å². The van der Waals surface area contributed by atoms with E-state index >= 15 is 0 Å². The zero-order valence-corrected chi connectivity index (χ0v) is 5.76. The standard InChI is InChI=1S/C6H2N4O2/c11-3-1-7-6(12)4-5(10-3)9-2-8-4/h1-2H. The highest BCUT2D eigenvalue weighted by atomic mass is 16.2. The van der Waals surface area contributed by atoms with Gasteiger partial charge < -0.3 is 0 Å². The maximum atomic E-state index is 11.0. The summed E-state index contributed by atoms with van der Waals surface area (Å²) in [5.41, 5.74) is 0.0251. The molecule has 6 heteroatoms. The van der Waals surface area contributed by atoms with Gasteiger partial charge in [-0.1, -0.05) is 0 Å². The normalized spacial score (nSPS) is 20.3. The highest BCUT2D eigenvalue weighted by Crippen LogP contribution is 2.00. The van der Waals surface area contributed by atoms with E-state index in [1.54, 1.807) is 0 Å². The second-order valence-electron chi connectivity index (χ2n) is 2.06. The molecular weight excluding hydrogens is 160 g/mol. The molecule has 2 rings (SSSR count). The third-order valence-corrected chi connectivity index (χ3v) is 1.29. The van der Waals surface area contributed by atoms with Crippen LogP contribution in [0.3, 0.4) is 0 Å². The highest BCUT2D eigenvalue weighted by Gasteiger charge is 2.23. The molecule has 0 aromatic rings. The summed E-state index contributed by atoms with van der Waals surface area (Å²) in [5, 5.41) is 0. The van der Waals surface area contributed by atoms with Gasteiger partial charge in [-0.15, -0.1) is 0 Å². The minimum absolute atomic E-state index is 0.0251. The van der Waals surface area contributed by atoms with E-state index in [9.17, 15) is 9.59 Å². The van der Waals surface area contributed by atoms with Crippen molar-refractivity contribution in [3.63, 3.8) is 0 Å². The smallest absolute Gasteiger partial charge is 0.266 e. The van der Waals surface area contributed by atoms with Gasteiger partial charge in [0.05, 0.1) is 6.21 Å². The van der Waals surface area contributed by atoms with Gasteiger partial charge >= 0.3 is 0 Å². The summed E-state index contributed by atoms with van der Waals surface area (Å²) in [4.78, 5) is 35.8. The van der Waals surface area contributed by atoms with Gasteiger partial charge in [0.25, 0.3) is 11.8 Å². The third kappa shape index (κ3) is 0.895. The molecule has 6 nitrogen and oxygen atoms in total.